The Morgan fingerprint density at radius 1 is 1.19 bits per heavy atom. The van der Waals surface area contributed by atoms with Crippen LogP contribution >= 0.6 is 24.0 Å². The number of guanidine groups is 1. The van der Waals surface area contributed by atoms with Crippen molar-refractivity contribution in [2.75, 3.05) is 46.5 Å². The lowest BCUT2D eigenvalue weighted by molar-refractivity contribution is 0.00988. The molecule has 31 heavy (non-hydrogen) atoms. The van der Waals surface area contributed by atoms with E-state index in [-0.39, 0.29) is 35.6 Å². The molecular weight excluding hydrogens is 503 g/mol. The summed E-state index contributed by atoms with van der Waals surface area (Å²) in [6.45, 7) is 13.9. The maximum Gasteiger partial charge on any atom is 0.193 e. The van der Waals surface area contributed by atoms with E-state index in [9.17, 15) is 0 Å². The molecule has 0 saturated carbocycles. The minimum absolute atomic E-state index is 0. The first-order chi connectivity index (χ1) is 14.4. The molecule has 1 aliphatic heterocycles. The van der Waals surface area contributed by atoms with Gasteiger partial charge in [-0.1, -0.05) is 30.3 Å². The van der Waals surface area contributed by atoms with E-state index in [0.717, 1.165) is 64.6 Å². The van der Waals surface area contributed by atoms with Crippen molar-refractivity contribution in [3.63, 3.8) is 0 Å². The van der Waals surface area contributed by atoms with Crippen LogP contribution in [0.5, 0.6) is 0 Å². The zero-order chi connectivity index (χ0) is 21.8. The molecule has 1 aliphatic rings. The number of aliphatic imine (C=N–C) groups is 1. The fourth-order valence-electron chi connectivity index (χ4n) is 3.84. The van der Waals surface area contributed by atoms with Gasteiger partial charge in [-0.25, -0.2) is 0 Å². The van der Waals surface area contributed by atoms with Gasteiger partial charge in [0.15, 0.2) is 5.96 Å². The van der Waals surface area contributed by atoms with Gasteiger partial charge in [0, 0.05) is 51.5 Å². The van der Waals surface area contributed by atoms with E-state index in [4.69, 9.17) is 14.5 Å². The average molecular weight is 547 g/mol. The molecular formula is C24H43IN4O2. The largest absolute Gasteiger partial charge is 0.385 e. The van der Waals surface area contributed by atoms with Gasteiger partial charge < -0.3 is 25.0 Å². The number of nitrogens with zero attached hydrogens (tertiary/aromatic N) is 2. The summed E-state index contributed by atoms with van der Waals surface area (Å²) < 4.78 is 11.1. The minimum Gasteiger partial charge on any atom is -0.385 e. The Hall–Kier alpha value is -0.900. The molecule has 0 aromatic heterocycles. The first-order valence-electron chi connectivity index (χ1n) is 11.4. The second-order valence-corrected chi connectivity index (χ2v) is 8.73. The van der Waals surface area contributed by atoms with Gasteiger partial charge in [-0.05, 0) is 52.5 Å². The molecule has 1 unspecified atom stereocenters. The number of benzene rings is 1. The van der Waals surface area contributed by atoms with Gasteiger partial charge in [0.25, 0.3) is 0 Å². The van der Waals surface area contributed by atoms with E-state index >= 15 is 0 Å². The number of hydrogen-bond donors (Lipinski definition) is 2. The molecule has 1 atom stereocenters. The maximum absolute atomic E-state index is 6.00. The highest BCUT2D eigenvalue weighted by Gasteiger charge is 2.24. The summed E-state index contributed by atoms with van der Waals surface area (Å²) in [6.07, 6.45) is 3.41. The van der Waals surface area contributed by atoms with E-state index in [2.05, 4.69) is 73.6 Å². The quantitative estimate of drug-likeness (QED) is 0.189. The Morgan fingerprint density at radius 3 is 2.48 bits per heavy atom. The molecule has 2 rings (SSSR count). The molecule has 1 saturated heterocycles. The van der Waals surface area contributed by atoms with Gasteiger partial charge in [0.05, 0.1) is 12.6 Å². The van der Waals surface area contributed by atoms with Crippen LogP contribution in [0.25, 0.3) is 0 Å². The molecule has 0 aliphatic carbocycles. The summed E-state index contributed by atoms with van der Waals surface area (Å²) in [4.78, 5) is 7.35. The molecule has 1 aromatic carbocycles. The lowest BCUT2D eigenvalue weighted by Crippen LogP contribution is -2.49. The lowest BCUT2D eigenvalue weighted by atomic mass is 10.0. The van der Waals surface area contributed by atoms with Crippen molar-refractivity contribution in [3.05, 3.63) is 35.9 Å². The van der Waals surface area contributed by atoms with E-state index in [1.165, 1.54) is 5.56 Å². The Morgan fingerprint density at radius 2 is 1.87 bits per heavy atom. The normalized spacial score (nSPS) is 16.7. The molecule has 7 heteroatoms. The summed E-state index contributed by atoms with van der Waals surface area (Å²) >= 11 is 0. The molecule has 1 aromatic rings. The lowest BCUT2D eigenvalue weighted by Gasteiger charge is -2.35. The summed E-state index contributed by atoms with van der Waals surface area (Å²) in [5.74, 6) is 1.01. The number of nitrogens with one attached hydrogen (secondary N) is 2. The van der Waals surface area contributed by atoms with Crippen molar-refractivity contribution in [2.45, 2.75) is 64.6 Å². The molecule has 0 spiro atoms. The molecule has 6 nitrogen and oxygen atoms in total. The summed E-state index contributed by atoms with van der Waals surface area (Å²) in [7, 11) is 1.74. The fourth-order valence-corrected chi connectivity index (χ4v) is 3.84. The van der Waals surface area contributed by atoms with Crippen molar-refractivity contribution in [3.8, 4) is 0 Å². The monoisotopic (exact) mass is 546 g/mol. The average Bonchev–Trinajstić information content (AvgIpc) is 2.75. The molecule has 1 fully saturated rings. The maximum atomic E-state index is 6.00. The number of hydrogen-bond acceptors (Lipinski definition) is 4. The van der Waals surface area contributed by atoms with Gasteiger partial charge in [-0.15, -0.1) is 24.0 Å². The van der Waals surface area contributed by atoms with Gasteiger partial charge in [-0.3, -0.25) is 4.99 Å². The molecule has 178 valence electrons. The molecule has 2 N–H and O–H groups in total. The van der Waals surface area contributed by atoms with E-state index < -0.39 is 0 Å². The number of ether oxygens (including phenoxy) is 2. The molecule has 1 heterocycles. The van der Waals surface area contributed by atoms with Crippen LogP contribution in [-0.4, -0.2) is 69.0 Å². The van der Waals surface area contributed by atoms with Crippen LogP contribution in [0.15, 0.2) is 35.3 Å². The molecule has 0 bridgehead atoms. The van der Waals surface area contributed by atoms with Crippen molar-refractivity contribution in [1.82, 2.24) is 15.5 Å². The predicted octanol–water partition coefficient (Wildman–Crippen LogP) is 4.22. The first-order valence-corrected chi connectivity index (χ1v) is 11.4. The highest BCUT2D eigenvalue weighted by Crippen LogP contribution is 2.18. The topological polar surface area (TPSA) is 58.1 Å². The van der Waals surface area contributed by atoms with Crippen molar-refractivity contribution in [1.29, 1.82) is 0 Å². The minimum atomic E-state index is -0.0985. The van der Waals surface area contributed by atoms with E-state index in [1.807, 2.05) is 0 Å². The third kappa shape index (κ3) is 10.5. The second-order valence-electron chi connectivity index (χ2n) is 8.73. The Bertz CT molecular complexity index is 619. The summed E-state index contributed by atoms with van der Waals surface area (Å²) in [5, 5.41) is 7.21. The zero-order valence-electron chi connectivity index (χ0n) is 20.0. The third-order valence-electron chi connectivity index (χ3n) is 5.45. The second kappa shape index (κ2) is 15.0. The highest BCUT2D eigenvalue weighted by molar-refractivity contribution is 14.0. The van der Waals surface area contributed by atoms with E-state index in [0.29, 0.717) is 6.10 Å². The highest BCUT2D eigenvalue weighted by atomic mass is 127. The number of piperidine rings is 1. The summed E-state index contributed by atoms with van der Waals surface area (Å²) in [5.41, 5.74) is 1.20. The SMILES string of the molecule is CCNC(=NCC(C)(C)NC(C)c1ccccc1)N1CCC(OCCCOC)CC1.I. The fraction of sp³-hybridized carbons (Fsp3) is 0.708. The van der Waals surface area contributed by atoms with Crippen LogP contribution in [0.3, 0.4) is 0 Å². The molecule has 0 amide bonds. The standard InChI is InChI=1S/C24H42N4O2.HI/c1-6-25-23(28-15-13-22(14-16-28)30-18-10-17-29-5)26-19-24(3,4)27-20(2)21-11-8-7-9-12-21;/h7-9,11-12,20,22,27H,6,10,13-19H2,1-5H3,(H,25,26);1H. The van der Waals surface area contributed by atoms with Gasteiger partial charge in [0.2, 0.25) is 0 Å². The van der Waals surface area contributed by atoms with E-state index in [1.54, 1.807) is 7.11 Å². The van der Waals surface area contributed by atoms with Crippen LogP contribution in [0, 0.1) is 0 Å². The van der Waals surface area contributed by atoms with Crippen LogP contribution < -0.4 is 10.6 Å². The van der Waals surface area contributed by atoms with Gasteiger partial charge in [0.1, 0.15) is 0 Å². The number of likely N-dealkylation sites (tertiary alicyclic amines) is 1. The number of methoxy groups -OCH3 is 1. The Balaban J connectivity index is 0.00000480. The third-order valence-corrected chi connectivity index (χ3v) is 5.45. The predicted molar refractivity (Wildman–Crippen MR) is 141 cm³/mol. The Kier molecular flexibility index (Phi) is 13.6. The van der Waals surface area contributed by atoms with Crippen LogP contribution in [-0.2, 0) is 9.47 Å². The van der Waals surface area contributed by atoms with Crippen molar-refractivity contribution in [2.24, 2.45) is 4.99 Å². The number of rotatable bonds is 11. The smallest absolute Gasteiger partial charge is 0.193 e. The Labute approximate surface area is 206 Å². The van der Waals surface area contributed by atoms with Crippen molar-refractivity contribution < 1.29 is 9.47 Å². The first kappa shape index (κ1) is 28.1. The van der Waals surface area contributed by atoms with Crippen LogP contribution in [0.1, 0.15) is 58.6 Å². The van der Waals surface area contributed by atoms with Crippen LogP contribution in [0.2, 0.25) is 0 Å². The number of halogens is 1. The summed E-state index contributed by atoms with van der Waals surface area (Å²) in [6, 6.07) is 10.9. The van der Waals surface area contributed by atoms with Crippen molar-refractivity contribution >= 4 is 29.9 Å². The van der Waals surface area contributed by atoms with Gasteiger partial charge >= 0.3 is 0 Å². The van der Waals surface area contributed by atoms with Crippen LogP contribution in [0.4, 0.5) is 0 Å². The zero-order valence-corrected chi connectivity index (χ0v) is 22.4. The molecule has 0 radical (unpaired) electrons. The van der Waals surface area contributed by atoms with Gasteiger partial charge in [-0.2, -0.15) is 0 Å².